The number of halogens is 1. The number of nitrogens with zero attached hydrogens (tertiary/aromatic N) is 4. The molecule has 0 saturated carbocycles. The third-order valence-electron chi connectivity index (χ3n) is 3.06. The summed E-state index contributed by atoms with van der Waals surface area (Å²) in [6.07, 6.45) is 5.96. The van der Waals surface area contributed by atoms with Crippen LogP contribution in [0.25, 0.3) is 10.7 Å². The van der Waals surface area contributed by atoms with E-state index in [1.807, 2.05) is 0 Å². The fraction of sp³-hybridized carbons (Fsp3) is 0.0625. The molecule has 0 bridgehead atoms. The Kier molecular flexibility index (Phi) is 4.66. The first-order valence-electron chi connectivity index (χ1n) is 6.97. The first-order chi connectivity index (χ1) is 11.6. The molecule has 1 aromatic carbocycles. The average molecular weight is 341 g/mol. The van der Waals surface area contributed by atoms with Gasteiger partial charge in [0.2, 0.25) is 0 Å². The Hall–Kier alpha value is -3.00. The van der Waals surface area contributed by atoms with Crippen molar-refractivity contribution in [3.05, 3.63) is 64.8 Å². The summed E-state index contributed by atoms with van der Waals surface area (Å²) in [5, 5.41) is 4.39. The Bertz CT molecular complexity index is 894. The maximum Gasteiger partial charge on any atom is 0.283 e. The molecule has 0 fully saturated rings. The number of carbonyl (C=O) groups is 1. The molecular weight excluding hydrogens is 329 g/mol. The fourth-order valence-electron chi connectivity index (χ4n) is 1.92. The molecule has 2 aromatic heterocycles. The van der Waals surface area contributed by atoms with Gasteiger partial charge in [0.25, 0.3) is 5.91 Å². The van der Waals surface area contributed by atoms with Crippen molar-refractivity contribution in [2.75, 3.05) is 0 Å². The molecule has 3 aromatic rings. The lowest BCUT2D eigenvalue weighted by molar-refractivity contribution is 0.0958. The van der Waals surface area contributed by atoms with Gasteiger partial charge in [-0.1, -0.05) is 18.2 Å². The zero-order valence-corrected chi connectivity index (χ0v) is 13.4. The summed E-state index contributed by atoms with van der Waals surface area (Å²) < 4.78 is 13.5. The van der Waals surface area contributed by atoms with Crippen molar-refractivity contribution >= 4 is 23.5 Å². The van der Waals surface area contributed by atoms with Gasteiger partial charge in [-0.2, -0.15) is 5.10 Å². The summed E-state index contributed by atoms with van der Waals surface area (Å²) in [5.41, 5.74) is 3.83. The topological polar surface area (TPSA) is 80.1 Å². The molecule has 2 heterocycles. The first kappa shape index (κ1) is 15.9. The number of nitrogens with one attached hydrogen (secondary N) is 1. The second kappa shape index (κ2) is 7.05. The Labute approximate surface area is 141 Å². The van der Waals surface area contributed by atoms with E-state index in [0.29, 0.717) is 26.8 Å². The van der Waals surface area contributed by atoms with Gasteiger partial charge in [-0.15, -0.1) is 11.3 Å². The number of aromatic nitrogens is 3. The maximum atomic E-state index is 13.5. The molecule has 0 aliphatic rings. The molecule has 1 N–H and O–H groups in total. The van der Waals surface area contributed by atoms with E-state index in [4.69, 9.17) is 0 Å². The highest BCUT2D eigenvalue weighted by Crippen LogP contribution is 2.25. The number of benzene rings is 1. The normalized spacial score (nSPS) is 10.9. The van der Waals surface area contributed by atoms with Crippen LogP contribution < -0.4 is 5.43 Å². The molecule has 8 heteroatoms. The monoisotopic (exact) mass is 341 g/mol. The number of hydrogen-bond acceptors (Lipinski definition) is 6. The molecule has 6 nitrogen and oxygen atoms in total. The van der Waals surface area contributed by atoms with Gasteiger partial charge in [0.05, 0.1) is 18.1 Å². The van der Waals surface area contributed by atoms with Crippen LogP contribution in [0.15, 0.2) is 48.0 Å². The predicted octanol–water partition coefficient (Wildman–Crippen LogP) is 2.81. The second-order valence-electron chi connectivity index (χ2n) is 4.74. The van der Waals surface area contributed by atoms with Crippen LogP contribution in [0.1, 0.15) is 20.9 Å². The second-order valence-corrected chi connectivity index (χ2v) is 5.74. The first-order valence-corrected chi connectivity index (χ1v) is 7.78. The molecule has 24 heavy (non-hydrogen) atoms. The molecule has 0 aliphatic carbocycles. The van der Waals surface area contributed by atoms with Gasteiger partial charge in [0, 0.05) is 18.0 Å². The third kappa shape index (κ3) is 3.49. The van der Waals surface area contributed by atoms with Gasteiger partial charge < -0.3 is 0 Å². The molecule has 0 saturated heterocycles. The Balaban J connectivity index is 1.74. The third-order valence-corrected chi connectivity index (χ3v) is 4.24. The van der Waals surface area contributed by atoms with E-state index in [0.717, 1.165) is 0 Å². The van der Waals surface area contributed by atoms with Gasteiger partial charge in [0.15, 0.2) is 0 Å². The minimum absolute atomic E-state index is 0.291. The van der Waals surface area contributed by atoms with Gasteiger partial charge in [0.1, 0.15) is 21.4 Å². The predicted molar refractivity (Wildman–Crippen MR) is 89.3 cm³/mol. The van der Waals surface area contributed by atoms with Crippen LogP contribution in [0.3, 0.4) is 0 Å². The van der Waals surface area contributed by atoms with Crippen molar-refractivity contribution in [2.24, 2.45) is 5.10 Å². The summed E-state index contributed by atoms with van der Waals surface area (Å²) in [6.45, 7) is 1.73. The highest BCUT2D eigenvalue weighted by Gasteiger charge is 2.16. The highest BCUT2D eigenvalue weighted by atomic mass is 32.1. The number of amides is 1. The van der Waals surface area contributed by atoms with E-state index in [1.165, 1.54) is 23.6 Å². The smallest absolute Gasteiger partial charge is 0.266 e. The molecule has 0 aliphatic heterocycles. The molecule has 3 rings (SSSR count). The van der Waals surface area contributed by atoms with Gasteiger partial charge in [-0.25, -0.2) is 14.8 Å². The molecule has 1 amide bonds. The van der Waals surface area contributed by atoms with Crippen molar-refractivity contribution in [3.8, 4) is 10.7 Å². The quantitative estimate of drug-likeness (QED) is 0.584. The van der Waals surface area contributed by atoms with E-state index in [9.17, 15) is 9.18 Å². The lowest BCUT2D eigenvalue weighted by Crippen LogP contribution is -2.17. The van der Waals surface area contributed by atoms with Crippen LogP contribution in [0.5, 0.6) is 0 Å². The maximum absolute atomic E-state index is 13.5. The number of thiazole rings is 1. The SMILES string of the molecule is Cc1nc(-c2cnccn2)sc1C(=O)NN=Cc1ccccc1F. The summed E-state index contributed by atoms with van der Waals surface area (Å²) in [6, 6.07) is 6.16. The summed E-state index contributed by atoms with van der Waals surface area (Å²) >= 11 is 1.20. The van der Waals surface area contributed by atoms with E-state index >= 15 is 0 Å². The van der Waals surface area contributed by atoms with Crippen molar-refractivity contribution < 1.29 is 9.18 Å². The zero-order valence-electron chi connectivity index (χ0n) is 12.6. The molecule has 0 spiro atoms. The van der Waals surface area contributed by atoms with Gasteiger partial charge in [-0.05, 0) is 13.0 Å². The number of rotatable bonds is 4. The van der Waals surface area contributed by atoms with E-state index in [1.54, 1.807) is 43.7 Å². The number of hydrazone groups is 1. The number of hydrogen-bond donors (Lipinski definition) is 1. The largest absolute Gasteiger partial charge is 0.283 e. The number of aryl methyl sites for hydroxylation is 1. The molecule has 0 unspecified atom stereocenters. The van der Waals surface area contributed by atoms with Crippen LogP contribution >= 0.6 is 11.3 Å². The molecule has 0 atom stereocenters. The standard InChI is InChI=1S/C16H12FN5OS/c1-10-14(24-16(21-10)13-9-18-6-7-19-13)15(23)22-20-8-11-4-2-3-5-12(11)17/h2-9H,1H3,(H,22,23). The van der Waals surface area contributed by atoms with Crippen LogP contribution in [-0.4, -0.2) is 27.1 Å². The van der Waals surface area contributed by atoms with Crippen LogP contribution in [0.2, 0.25) is 0 Å². The van der Waals surface area contributed by atoms with Crippen LogP contribution in [0.4, 0.5) is 4.39 Å². The van der Waals surface area contributed by atoms with Crippen molar-refractivity contribution in [1.29, 1.82) is 0 Å². The lowest BCUT2D eigenvalue weighted by Gasteiger charge is -1.98. The summed E-state index contributed by atoms with van der Waals surface area (Å²) in [4.78, 5) is 25.1. The summed E-state index contributed by atoms with van der Waals surface area (Å²) in [7, 11) is 0. The highest BCUT2D eigenvalue weighted by molar-refractivity contribution is 7.17. The van der Waals surface area contributed by atoms with Gasteiger partial charge >= 0.3 is 0 Å². The van der Waals surface area contributed by atoms with Crippen molar-refractivity contribution in [2.45, 2.75) is 6.92 Å². The van der Waals surface area contributed by atoms with E-state index < -0.39 is 11.7 Å². The Morgan fingerprint density at radius 2 is 2.17 bits per heavy atom. The van der Waals surface area contributed by atoms with Crippen LogP contribution in [-0.2, 0) is 0 Å². The Morgan fingerprint density at radius 3 is 2.92 bits per heavy atom. The minimum Gasteiger partial charge on any atom is -0.266 e. The Morgan fingerprint density at radius 1 is 1.33 bits per heavy atom. The minimum atomic E-state index is -0.410. The van der Waals surface area contributed by atoms with Crippen LogP contribution in [0, 0.1) is 12.7 Å². The lowest BCUT2D eigenvalue weighted by atomic mass is 10.2. The molecule has 0 radical (unpaired) electrons. The van der Waals surface area contributed by atoms with Crippen molar-refractivity contribution in [1.82, 2.24) is 20.4 Å². The number of carbonyl (C=O) groups excluding carboxylic acids is 1. The molecular formula is C16H12FN5OS. The average Bonchev–Trinajstić information content (AvgIpc) is 2.99. The fourth-order valence-corrected chi connectivity index (χ4v) is 2.83. The van der Waals surface area contributed by atoms with Gasteiger partial charge in [-0.3, -0.25) is 14.8 Å². The zero-order chi connectivity index (χ0) is 16.9. The van der Waals surface area contributed by atoms with Crippen molar-refractivity contribution in [3.63, 3.8) is 0 Å². The van der Waals surface area contributed by atoms with E-state index in [2.05, 4.69) is 25.5 Å². The van der Waals surface area contributed by atoms with E-state index in [-0.39, 0.29) is 0 Å². The molecule has 120 valence electrons. The summed E-state index contributed by atoms with van der Waals surface area (Å²) in [5.74, 6) is -0.817.